The molecule has 0 aromatic carbocycles. The number of hydrogen-bond donors (Lipinski definition) is 1. The molecule has 8 heavy (non-hydrogen) atoms. The van der Waals surface area contributed by atoms with E-state index in [0.717, 1.165) is 0 Å². The van der Waals surface area contributed by atoms with Crippen molar-refractivity contribution in [2.45, 2.75) is 12.8 Å². The Hall–Kier alpha value is 0.400. The Kier molecular flexibility index (Phi) is 10.4. The summed E-state index contributed by atoms with van der Waals surface area (Å²) in [5.41, 5.74) is 0. The second-order valence-electron chi connectivity index (χ2n) is 1.19. The molecule has 0 fully saturated rings. The van der Waals surface area contributed by atoms with Gasteiger partial charge in [0.05, 0.1) is 6.67 Å². The number of alkyl halides is 1. The largest absolute Gasteiger partial charge is 0.481 e. The SMILES string of the molecule is O=C(O)CCCF.[Na]. The zero-order valence-electron chi connectivity index (χ0n) is 4.85. The molecular formula is C4H7FNaO2. The molecule has 0 heterocycles. The van der Waals surface area contributed by atoms with Gasteiger partial charge in [0.2, 0.25) is 0 Å². The van der Waals surface area contributed by atoms with E-state index in [2.05, 4.69) is 0 Å². The number of carboxylic acids is 1. The van der Waals surface area contributed by atoms with Crippen LogP contribution in [0.5, 0.6) is 0 Å². The summed E-state index contributed by atoms with van der Waals surface area (Å²) in [7, 11) is 0. The molecule has 0 aromatic rings. The molecule has 0 amide bonds. The Morgan fingerprint density at radius 2 is 2.12 bits per heavy atom. The van der Waals surface area contributed by atoms with E-state index >= 15 is 0 Å². The van der Waals surface area contributed by atoms with Gasteiger partial charge in [-0.2, -0.15) is 0 Å². The molecule has 0 saturated heterocycles. The van der Waals surface area contributed by atoms with Gasteiger partial charge in [0.1, 0.15) is 0 Å². The average Bonchev–Trinajstić information content (AvgIpc) is 1.61. The van der Waals surface area contributed by atoms with E-state index in [-0.39, 0.29) is 42.4 Å². The molecule has 0 aliphatic rings. The molecule has 1 N–H and O–H groups in total. The van der Waals surface area contributed by atoms with Crippen LogP contribution < -0.4 is 0 Å². The summed E-state index contributed by atoms with van der Waals surface area (Å²) in [6.07, 6.45) is 0.0752. The van der Waals surface area contributed by atoms with Gasteiger partial charge in [0, 0.05) is 36.0 Å². The van der Waals surface area contributed by atoms with Gasteiger partial charge in [0.25, 0.3) is 0 Å². The summed E-state index contributed by atoms with van der Waals surface area (Å²) in [6, 6.07) is 0. The minimum absolute atomic E-state index is 0. The van der Waals surface area contributed by atoms with Gasteiger partial charge in [-0.05, 0) is 6.42 Å². The van der Waals surface area contributed by atoms with Crippen molar-refractivity contribution >= 4 is 35.5 Å². The molecule has 2 nitrogen and oxygen atoms in total. The van der Waals surface area contributed by atoms with Crippen LogP contribution in [0.3, 0.4) is 0 Å². The summed E-state index contributed by atoms with van der Waals surface area (Å²) in [6.45, 7) is -0.535. The van der Waals surface area contributed by atoms with E-state index < -0.39 is 12.6 Å². The van der Waals surface area contributed by atoms with Crippen LogP contribution in [0.1, 0.15) is 12.8 Å². The fourth-order valence-corrected chi connectivity index (χ4v) is 0.218. The van der Waals surface area contributed by atoms with Crippen LogP contribution in [0.15, 0.2) is 0 Å². The van der Waals surface area contributed by atoms with Gasteiger partial charge in [-0.1, -0.05) is 0 Å². The first-order chi connectivity index (χ1) is 3.27. The molecular weight excluding hydrogens is 122 g/mol. The molecule has 0 aromatic heterocycles. The Morgan fingerprint density at radius 3 is 2.25 bits per heavy atom. The normalized spacial score (nSPS) is 7.62. The number of carboxylic acid groups (broad SMARTS) is 1. The van der Waals surface area contributed by atoms with Gasteiger partial charge < -0.3 is 5.11 Å². The Balaban J connectivity index is 0. The predicted molar refractivity (Wildman–Crippen MR) is 28.6 cm³/mol. The molecule has 0 spiro atoms. The van der Waals surface area contributed by atoms with Crippen molar-refractivity contribution in [3.63, 3.8) is 0 Å². The first-order valence-corrected chi connectivity index (χ1v) is 2.05. The minimum atomic E-state index is -0.933. The van der Waals surface area contributed by atoms with Crippen molar-refractivity contribution in [1.29, 1.82) is 0 Å². The number of aliphatic carboxylic acids is 1. The third-order valence-electron chi connectivity index (χ3n) is 0.524. The predicted octanol–water partition coefficient (Wildman–Crippen LogP) is 0.440. The fraction of sp³-hybridized carbons (Fsp3) is 0.750. The van der Waals surface area contributed by atoms with E-state index in [4.69, 9.17) is 5.11 Å². The van der Waals surface area contributed by atoms with E-state index in [0.29, 0.717) is 0 Å². The molecule has 1 radical (unpaired) electrons. The first-order valence-electron chi connectivity index (χ1n) is 2.05. The van der Waals surface area contributed by atoms with Crippen LogP contribution >= 0.6 is 0 Å². The van der Waals surface area contributed by atoms with Crippen LogP contribution in [0.4, 0.5) is 4.39 Å². The molecule has 0 unspecified atom stereocenters. The van der Waals surface area contributed by atoms with Crippen molar-refractivity contribution in [2.75, 3.05) is 6.67 Å². The molecule has 4 heteroatoms. The first kappa shape index (κ1) is 11.2. The molecule has 43 valence electrons. The van der Waals surface area contributed by atoms with Crippen molar-refractivity contribution in [2.24, 2.45) is 0 Å². The van der Waals surface area contributed by atoms with Gasteiger partial charge in [-0.15, -0.1) is 0 Å². The van der Waals surface area contributed by atoms with Crippen molar-refractivity contribution in [3.8, 4) is 0 Å². The molecule has 0 saturated carbocycles. The zero-order chi connectivity index (χ0) is 5.70. The Bertz CT molecular complexity index is 67.1. The number of carbonyl (C=O) groups is 1. The minimum Gasteiger partial charge on any atom is -0.481 e. The summed E-state index contributed by atoms with van der Waals surface area (Å²) < 4.78 is 11.1. The summed E-state index contributed by atoms with van der Waals surface area (Å²) in [5.74, 6) is -0.933. The number of rotatable bonds is 3. The Labute approximate surface area is 69.4 Å². The molecule has 0 rings (SSSR count). The topological polar surface area (TPSA) is 37.3 Å². The monoisotopic (exact) mass is 129 g/mol. The smallest absolute Gasteiger partial charge is 0.303 e. The molecule has 0 atom stereocenters. The standard InChI is InChI=1S/C4H7FO2.Na/c5-3-1-2-4(6)7;/h1-3H2,(H,6,7);. The number of halogens is 1. The molecule has 0 aliphatic carbocycles. The Morgan fingerprint density at radius 1 is 1.62 bits per heavy atom. The van der Waals surface area contributed by atoms with E-state index in [9.17, 15) is 9.18 Å². The number of hydrogen-bond acceptors (Lipinski definition) is 1. The van der Waals surface area contributed by atoms with Crippen molar-refractivity contribution in [3.05, 3.63) is 0 Å². The van der Waals surface area contributed by atoms with Gasteiger partial charge in [-0.25, -0.2) is 0 Å². The van der Waals surface area contributed by atoms with Crippen molar-refractivity contribution in [1.82, 2.24) is 0 Å². The van der Waals surface area contributed by atoms with Crippen LogP contribution in [0, 0.1) is 0 Å². The summed E-state index contributed by atoms with van der Waals surface area (Å²) in [5, 5.41) is 7.88. The van der Waals surface area contributed by atoms with E-state index in [1.54, 1.807) is 0 Å². The fourth-order valence-electron chi connectivity index (χ4n) is 0.218. The summed E-state index contributed by atoms with van der Waals surface area (Å²) in [4.78, 5) is 9.59. The maximum absolute atomic E-state index is 11.1. The van der Waals surface area contributed by atoms with E-state index in [1.165, 1.54) is 0 Å². The van der Waals surface area contributed by atoms with Gasteiger partial charge >= 0.3 is 5.97 Å². The molecule has 0 aliphatic heterocycles. The van der Waals surface area contributed by atoms with Crippen LogP contribution in [0.2, 0.25) is 0 Å². The second-order valence-corrected chi connectivity index (χ2v) is 1.19. The van der Waals surface area contributed by atoms with Crippen LogP contribution in [0.25, 0.3) is 0 Å². The maximum Gasteiger partial charge on any atom is 0.303 e. The van der Waals surface area contributed by atoms with Gasteiger partial charge in [-0.3, -0.25) is 9.18 Å². The third-order valence-corrected chi connectivity index (χ3v) is 0.524. The summed E-state index contributed by atoms with van der Waals surface area (Å²) >= 11 is 0. The van der Waals surface area contributed by atoms with Crippen molar-refractivity contribution < 1.29 is 14.3 Å². The molecule has 0 bridgehead atoms. The maximum atomic E-state index is 11.1. The second kappa shape index (κ2) is 7.40. The zero-order valence-corrected chi connectivity index (χ0v) is 6.85. The van der Waals surface area contributed by atoms with Crippen LogP contribution in [-0.4, -0.2) is 47.3 Å². The quantitative estimate of drug-likeness (QED) is 0.561. The average molecular weight is 129 g/mol. The van der Waals surface area contributed by atoms with Gasteiger partial charge in [0.15, 0.2) is 0 Å². The third kappa shape index (κ3) is 9.64. The van der Waals surface area contributed by atoms with E-state index in [1.807, 2.05) is 0 Å². The van der Waals surface area contributed by atoms with Crippen LogP contribution in [-0.2, 0) is 4.79 Å².